The van der Waals surface area contributed by atoms with E-state index in [4.69, 9.17) is 5.11 Å². The summed E-state index contributed by atoms with van der Waals surface area (Å²) >= 11 is 0. The Bertz CT molecular complexity index is 342. The molecule has 0 spiro atoms. The SMILES string of the molecule is CC[C@H](CO)NC(=O)/C=C/c1ccccc1. The Kier molecular flexibility index (Phi) is 5.29. The molecule has 2 N–H and O–H groups in total. The molecular formula is C13H17NO2. The molecule has 0 aromatic heterocycles. The molecule has 1 aromatic rings. The van der Waals surface area contributed by atoms with Crippen LogP contribution in [0.1, 0.15) is 18.9 Å². The summed E-state index contributed by atoms with van der Waals surface area (Å²) in [7, 11) is 0. The highest BCUT2D eigenvalue weighted by molar-refractivity contribution is 5.91. The van der Waals surface area contributed by atoms with E-state index in [1.807, 2.05) is 37.3 Å². The van der Waals surface area contributed by atoms with E-state index in [0.29, 0.717) is 0 Å². The van der Waals surface area contributed by atoms with Gasteiger partial charge in [-0.05, 0) is 18.1 Å². The molecule has 86 valence electrons. The zero-order valence-corrected chi connectivity index (χ0v) is 9.39. The van der Waals surface area contributed by atoms with Crippen molar-refractivity contribution in [3.05, 3.63) is 42.0 Å². The van der Waals surface area contributed by atoms with Crippen LogP contribution in [0.25, 0.3) is 6.08 Å². The minimum absolute atomic E-state index is 0.0264. The Morgan fingerprint density at radius 3 is 2.69 bits per heavy atom. The fraction of sp³-hybridized carbons (Fsp3) is 0.308. The van der Waals surface area contributed by atoms with Gasteiger partial charge in [0.2, 0.25) is 5.91 Å². The number of hydrogen-bond donors (Lipinski definition) is 2. The topological polar surface area (TPSA) is 49.3 Å². The summed E-state index contributed by atoms with van der Waals surface area (Å²) in [5.74, 6) is -0.176. The number of aliphatic hydroxyl groups excluding tert-OH is 1. The van der Waals surface area contributed by atoms with E-state index in [0.717, 1.165) is 12.0 Å². The molecule has 1 aromatic carbocycles. The van der Waals surface area contributed by atoms with Gasteiger partial charge in [0.1, 0.15) is 0 Å². The Labute approximate surface area is 95.8 Å². The molecule has 0 aliphatic rings. The third-order valence-corrected chi connectivity index (χ3v) is 2.29. The number of carbonyl (C=O) groups is 1. The number of nitrogens with one attached hydrogen (secondary N) is 1. The van der Waals surface area contributed by atoms with Crippen LogP contribution in [0.4, 0.5) is 0 Å². The Morgan fingerprint density at radius 2 is 2.12 bits per heavy atom. The van der Waals surface area contributed by atoms with Gasteiger partial charge in [-0.2, -0.15) is 0 Å². The highest BCUT2D eigenvalue weighted by Gasteiger charge is 2.05. The Hall–Kier alpha value is -1.61. The van der Waals surface area contributed by atoms with Gasteiger partial charge in [-0.15, -0.1) is 0 Å². The lowest BCUT2D eigenvalue weighted by Gasteiger charge is -2.11. The lowest BCUT2D eigenvalue weighted by molar-refractivity contribution is -0.117. The van der Waals surface area contributed by atoms with Crippen LogP contribution in [0.15, 0.2) is 36.4 Å². The minimum atomic E-state index is -0.176. The first-order valence-corrected chi connectivity index (χ1v) is 5.40. The maximum Gasteiger partial charge on any atom is 0.244 e. The lowest BCUT2D eigenvalue weighted by atomic mass is 10.2. The van der Waals surface area contributed by atoms with E-state index in [-0.39, 0.29) is 18.6 Å². The van der Waals surface area contributed by atoms with Gasteiger partial charge in [0.05, 0.1) is 12.6 Å². The van der Waals surface area contributed by atoms with Crippen molar-refractivity contribution in [3.8, 4) is 0 Å². The van der Waals surface area contributed by atoms with E-state index in [1.165, 1.54) is 6.08 Å². The zero-order valence-electron chi connectivity index (χ0n) is 9.39. The Morgan fingerprint density at radius 1 is 1.44 bits per heavy atom. The van der Waals surface area contributed by atoms with Gasteiger partial charge in [-0.3, -0.25) is 4.79 Å². The molecule has 16 heavy (non-hydrogen) atoms. The van der Waals surface area contributed by atoms with Crippen molar-refractivity contribution in [1.82, 2.24) is 5.32 Å². The van der Waals surface area contributed by atoms with Crippen LogP contribution in [-0.4, -0.2) is 23.7 Å². The van der Waals surface area contributed by atoms with E-state index in [2.05, 4.69) is 5.32 Å². The predicted molar refractivity (Wildman–Crippen MR) is 64.8 cm³/mol. The second-order valence-electron chi connectivity index (χ2n) is 3.54. The largest absolute Gasteiger partial charge is 0.394 e. The predicted octanol–water partition coefficient (Wildman–Crippen LogP) is 1.59. The molecular weight excluding hydrogens is 202 g/mol. The maximum atomic E-state index is 11.4. The van der Waals surface area contributed by atoms with Crippen molar-refractivity contribution < 1.29 is 9.90 Å². The normalized spacial score (nSPS) is 12.6. The summed E-state index contributed by atoms with van der Waals surface area (Å²) < 4.78 is 0. The number of aliphatic hydroxyl groups is 1. The maximum absolute atomic E-state index is 11.4. The summed E-state index contributed by atoms with van der Waals surface area (Å²) in [6, 6.07) is 9.45. The molecule has 3 nitrogen and oxygen atoms in total. The van der Waals surface area contributed by atoms with Gasteiger partial charge >= 0.3 is 0 Å². The molecule has 3 heteroatoms. The fourth-order valence-electron chi connectivity index (χ4n) is 1.26. The standard InChI is InChI=1S/C13H17NO2/c1-2-12(10-15)14-13(16)9-8-11-6-4-3-5-7-11/h3-9,12,15H,2,10H2,1H3,(H,14,16)/b9-8+/t12-/m1/s1. The van der Waals surface area contributed by atoms with E-state index < -0.39 is 0 Å². The molecule has 0 aliphatic heterocycles. The number of benzene rings is 1. The molecule has 0 bridgehead atoms. The molecule has 1 atom stereocenters. The van der Waals surface area contributed by atoms with Crippen LogP contribution in [0.3, 0.4) is 0 Å². The quantitative estimate of drug-likeness (QED) is 0.739. The van der Waals surface area contributed by atoms with Crippen LogP contribution in [-0.2, 0) is 4.79 Å². The van der Waals surface area contributed by atoms with Gasteiger partial charge in [0.15, 0.2) is 0 Å². The van der Waals surface area contributed by atoms with Crippen molar-refractivity contribution in [3.63, 3.8) is 0 Å². The van der Waals surface area contributed by atoms with Crippen LogP contribution in [0.2, 0.25) is 0 Å². The first-order chi connectivity index (χ1) is 7.76. The van der Waals surface area contributed by atoms with Crippen molar-refractivity contribution in [2.45, 2.75) is 19.4 Å². The second-order valence-corrected chi connectivity index (χ2v) is 3.54. The lowest BCUT2D eigenvalue weighted by Crippen LogP contribution is -2.35. The van der Waals surface area contributed by atoms with Crippen LogP contribution < -0.4 is 5.32 Å². The molecule has 0 saturated heterocycles. The van der Waals surface area contributed by atoms with Gasteiger partial charge in [-0.25, -0.2) is 0 Å². The number of rotatable bonds is 5. The highest BCUT2D eigenvalue weighted by atomic mass is 16.3. The molecule has 0 aliphatic carbocycles. The number of carbonyl (C=O) groups excluding carboxylic acids is 1. The summed E-state index contributed by atoms with van der Waals surface area (Å²) in [6.45, 7) is 1.89. The highest BCUT2D eigenvalue weighted by Crippen LogP contribution is 2.00. The second kappa shape index (κ2) is 6.80. The summed E-state index contributed by atoms with van der Waals surface area (Å²) in [4.78, 5) is 11.4. The molecule has 0 heterocycles. The van der Waals surface area contributed by atoms with E-state index in [9.17, 15) is 4.79 Å². The first-order valence-electron chi connectivity index (χ1n) is 5.40. The van der Waals surface area contributed by atoms with Gasteiger partial charge < -0.3 is 10.4 Å². The van der Waals surface area contributed by atoms with Crippen LogP contribution in [0, 0.1) is 0 Å². The van der Waals surface area contributed by atoms with Crippen molar-refractivity contribution in [2.75, 3.05) is 6.61 Å². The minimum Gasteiger partial charge on any atom is -0.394 e. The average Bonchev–Trinajstić information content (AvgIpc) is 2.34. The van der Waals surface area contributed by atoms with Crippen LogP contribution >= 0.6 is 0 Å². The fourth-order valence-corrected chi connectivity index (χ4v) is 1.26. The van der Waals surface area contributed by atoms with E-state index >= 15 is 0 Å². The molecule has 0 fully saturated rings. The van der Waals surface area contributed by atoms with Crippen molar-refractivity contribution >= 4 is 12.0 Å². The summed E-state index contributed by atoms with van der Waals surface area (Å²) in [6.07, 6.45) is 3.95. The van der Waals surface area contributed by atoms with Crippen molar-refractivity contribution in [1.29, 1.82) is 0 Å². The summed E-state index contributed by atoms with van der Waals surface area (Å²) in [5.41, 5.74) is 0.981. The van der Waals surface area contributed by atoms with Crippen LogP contribution in [0.5, 0.6) is 0 Å². The molecule has 0 radical (unpaired) electrons. The third-order valence-electron chi connectivity index (χ3n) is 2.29. The zero-order chi connectivity index (χ0) is 11.8. The molecule has 1 amide bonds. The monoisotopic (exact) mass is 219 g/mol. The molecule has 1 rings (SSSR count). The average molecular weight is 219 g/mol. The first kappa shape index (κ1) is 12.5. The van der Waals surface area contributed by atoms with Gasteiger partial charge in [-0.1, -0.05) is 37.3 Å². The number of hydrogen-bond acceptors (Lipinski definition) is 2. The molecule has 0 saturated carbocycles. The number of amides is 1. The smallest absolute Gasteiger partial charge is 0.244 e. The van der Waals surface area contributed by atoms with Gasteiger partial charge in [0, 0.05) is 6.08 Å². The van der Waals surface area contributed by atoms with E-state index in [1.54, 1.807) is 6.08 Å². The van der Waals surface area contributed by atoms with Crippen molar-refractivity contribution in [2.24, 2.45) is 0 Å². The van der Waals surface area contributed by atoms with Gasteiger partial charge in [0.25, 0.3) is 0 Å². The third kappa shape index (κ3) is 4.28. The molecule has 0 unspecified atom stereocenters. The summed E-state index contributed by atoms with van der Waals surface area (Å²) in [5, 5.41) is 11.6. The Balaban J connectivity index is 2.48.